The lowest BCUT2D eigenvalue weighted by Crippen LogP contribution is -2.08. The third kappa shape index (κ3) is 4.78. The van der Waals surface area contributed by atoms with E-state index in [-0.39, 0.29) is 12.0 Å². The van der Waals surface area contributed by atoms with Crippen LogP contribution in [-0.4, -0.2) is 24.3 Å². The number of anilines is 1. The van der Waals surface area contributed by atoms with E-state index in [0.717, 1.165) is 12.3 Å². The lowest BCUT2D eigenvalue weighted by atomic mass is 10.1. The minimum atomic E-state index is -4.45. The Labute approximate surface area is 133 Å². The highest BCUT2D eigenvalue weighted by Crippen LogP contribution is 2.31. The largest absolute Gasteiger partial charge is 0.469 e. The molecule has 0 saturated heterocycles. The average molecular weight is 343 g/mol. The lowest BCUT2D eigenvalue weighted by Gasteiger charge is -2.08. The number of carbonyl (C=O) groups excluding carboxylic acids is 1. The highest BCUT2D eigenvalue weighted by molar-refractivity contribution is 7.13. The SMILES string of the molecule is COC(=O)Cc1csc(N/N=C\c2ccccc2C(F)(F)F)n1. The minimum absolute atomic E-state index is 0.0231. The van der Waals surface area contributed by atoms with Crippen LogP contribution in [0.2, 0.25) is 0 Å². The number of hydrogen-bond acceptors (Lipinski definition) is 6. The molecule has 0 radical (unpaired) electrons. The van der Waals surface area contributed by atoms with Crippen LogP contribution in [0.15, 0.2) is 34.7 Å². The van der Waals surface area contributed by atoms with Crippen molar-refractivity contribution in [3.63, 3.8) is 0 Å². The van der Waals surface area contributed by atoms with Gasteiger partial charge in [-0.15, -0.1) is 11.3 Å². The van der Waals surface area contributed by atoms with Crippen LogP contribution >= 0.6 is 11.3 Å². The average Bonchev–Trinajstić information content (AvgIpc) is 2.94. The van der Waals surface area contributed by atoms with Crippen molar-refractivity contribution in [3.05, 3.63) is 46.5 Å². The van der Waals surface area contributed by atoms with Crippen LogP contribution < -0.4 is 5.43 Å². The highest BCUT2D eigenvalue weighted by Gasteiger charge is 2.32. The third-order valence-corrected chi connectivity index (χ3v) is 3.53. The van der Waals surface area contributed by atoms with E-state index in [1.807, 2.05) is 0 Å². The Hall–Kier alpha value is -2.42. The number of methoxy groups -OCH3 is 1. The molecule has 0 amide bonds. The second-order valence-corrected chi connectivity index (χ2v) is 5.21. The maximum absolute atomic E-state index is 12.8. The summed E-state index contributed by atoms with van der Waals surface area (Å²) >= 11 is 1.18. The molecule has 23 heavy (non-hydrogen) atoms. The molecule has 1 aromatic heterocycles. The predicted molar refractivity (Wildman–Crippen MR) is 80.5 cm³/mol. The number of hydrazone groups is 1. The molecule has 9 heteroatoms. The fraction of sp³-hybridized carbons (Fsp3) is 0.214. The smallest absolute Gasteiger partial charge is 0.417 e. The maximum Gasteiger partial charge on any atom is 0.417 e. The molecule has 122 valence electrons. The van der Waals surface area contributed by atoms with Gasteiger partial charge in [-0.2, -0.15) is 18.3 Å². The van der Waals surface area contributed by atoms with Crippen LogP contribution in [0.4, 0.5) is 18.3 Å². The second kappa shape index (κ2) is 7.23. The molecule has 0 aliphatic rings. The lowest BCUT2D eigenvalue weighted by molar-refractivity contribution is -0.140. The van der Waals surface area contributed by atoms with Gasteiger partial charge < -0.3 is 4.74 Å². The van der Waals surface area contributed by atoms with Gasteiger partial charge in [0.15, 0.2) is 0 Å². The summed E-state index contributed by atoms with van der Waals surface area (Å²) in [4.78, 5) is 15.2. The first-order valence-corrected chi connectivity index (χ1v) is 7.24. The van der Waals surface area contributed by atoms with Crippen LogP contribution in [0.5, 0.6) is 0 Å². The van der Waals surface area contributed by atoms with Crippen molar-refractivity contribution < 1.29 is 22.7 Å². The van der Waals surface area contributed by atoms with E-state index in [1.54, 1.807) is 5.38 Å². The highest BCUT2D eigenvalue weighted by atomic mass is 32.1. The normalized spacial score (nSPS) is 11.7. The van der Waals surface area contributed by atoms with E-state index in [2.05, 4.69) is 20.2 Å². The van der Waals surface area contributed by atoms with E-state index >= 15 is 0 Å². The number of rotatable bonds is 5. The monoisotopic (exact) mass is 343 g/mol. The van der Waals surface area contributed by atoms with Crippen molar-refractivity contribution >= 4 is 28.7 Å². The number of alkyl halides is 3. The molecule has 1 N–H and O–H groups in total. The molecule has 0 unspecified atom stereocenters. The van der Waals surface area contributed by atoms with Crippen molar-refractivity contribution in [2.75, 3.05) is 12.5 Å². The summed E-state index contributed by atoms with van der Waals surface area (Å²) in [6, 6.07) is 5.11. The van der Waals surface area contributed by atoms with Crippen molar-refractivity contribution in [2.45, 2.75) is 12.6 Å². The summed E-state index contributed by atoms with van der Waals surface area (Å²) in [6.07, 6.45) is -3.35. The van der Waals surface area contributed by atoms with Gasteiger partial charge in [-0.1, -0.05) is 18.2 Å². The summed E-state index contributed by atoms with van der Waals surface area (Å²) < 4.78 is 43.0. The number of esters is 1. The molecule has 0 spiro atoms. The van der Waals surface area contributed by atoms with Gasteiger partial charge >= 0.3 is 12.1 Å². The van der Waals surface area contributed by atoms with Gasteiger partial charge in [-0.05, 0) is 6.07 Å². The van der Waals surface area contributed by atoms with Crippen molar-refractivity contribution in [3.8, 4) is 0 Å². The van der Waals surface area contributed by atoms with Crippen molar-refractivity contribution in [2.24, 2.45) is 5.10 Å². The molecule has 0 aliphatic heterocycles. The van der Waals surface area contributed by atoms with Gasteiger partial charge in [0.25, 0.3) is 0 Å². The molecule has 0 fully saturated rings. The minimum Gasteiger partial charge on any atom is -0.469 e. The Morgan fingerprint density at radius 3 is 2.87 bits per heavy atom. The van der Waals surface area contributed by atoms with Crippen LogP contribution in [0, 0.1) is 0 Å². The summed E-state index contributed by atoms with van der Waals surface area (Å²) in [5.74, 6) is -0.426. The molecular formula is C14H12F3N3O2S. The van der Waals surface area contributed by atoms with Gasteiger partial charge in [-0.3, -0.25) is 10.2 Å². The number of ether oxygens (including phenoxy) is 1. The third-order valence-electron chi connectivity index (χ3n) is 2.73. The first-order chi connectivity index (χ1) is 10.9. The predicted octanol–water partition coefficient (Wildman–Crippen LogP) is 3.32. The zero-order valence-corrected chi connectivity index (χ0v) is 12.7. The zero-order valence-electron chi connectivity index (χ0n) is 11.9. The number of nitrogens with one attached hydrogen (secondary N) is 1. The quantitative estimate of drug-likeness (QED) is 0.514. The van der Waals surface area contributed by atoms with Crippen molar-refractivity contribution in [1.82, 2.24) is 4.98 Å². The fourth-order valence-corrected chi connectivity index (χ4v) is 2.34. The Morgan fingerprint density at radius 1 is 1.43 bits per heavy atom. The van der Waals surface area contributed by atoms with Gasteiger partial charge in [0.05, 0.1) is 31.0 Å². The first-order valence-electron chi connectivity index (χ1n) is 6.36. The fourth-order valence-electron chi connectivity index (χ4n) is 1.68. The summed E-state index contributed by atoms with van der Waals surface area (Å²) in [5.41, 5.74) is 2.21. The Kier molecular flexibility index (Phi) is 5.32. The van der Waals surface area contributed by atoms with Crippen molar-refractivity contribution in [1.29, 1.82) is 0 Å². The zero-order chi connectivity index (χ0) is 16.9. The molecule has 0 bridgehead atoms. The Morgan fingerprint density at radius 2 is 2.17 bits per heavy atom. The van der Waals surface area contributed by atoms with E-state index < -0.39 is 17.7 Å². The molecule has 0 saturated carbocycles. The van der Waals surface area contributed by atoms with E-state index in [4.69, 9.17) is 0 Å². The van der Waals surface area contributed by atoms with Gasteiger partial charge in [0, 0.05) is 10.9 Å². The molecule has 2 aromatic rings. The Balaban J connectivity index is 2.04. The molecule has 2 rings (SSSR count). The number of carbonyl (C=O) groups is 1. The molecule has 1 aromatic carbocycles. The van der Waals surface area contributed by atoms with Crippen LogP contribution in [0.25, 0.3) is 0 Å². The summed E-state index contributed by atoms with van der Waals surface area (Å²) in [7, 11) is 1.27. The van der Waals surface area contributed by atoms with E-state index in [9.17, 15) is 18.0 Å². The number of halogens is 3. The number of nitrogens with zero attached hydrogens (tertiary/aromatic N) is 2. The second-order valence-electron chi connectivity index (χ2n) is 4.35. The number of aromatic nitrogens is 1. The van der Waals surface area contributed by atoms with Gasteiger partial charge in [0.1, 0.15) is 0 Å². The van der Waals surface area contributed by atoms with Gasteiger partial charge in [-0.25, -0.2) is 4.98 Å². The first kappa shape index (κ1) is 16.9. The molecule has 1 heterocycles. The number of benzene rings is 1. The standard InChI is InChI=1S/C14H12F3N3O2S/c1-22-12(21)6-10-8-23-13(19-10)20-18-7-9-4-2-3-5-11(9)14(15,16)17/h2-5,7-8H,6H2,1H3,(H,19,20)/b18-7-. The Bertz CT molecular complexity index is 713. The van der Waals surface area contributed by atoms with Crippen LogP contribution in [0.3, 0.4) is 0 Å². The van der Waals surface area contributed by atoms with Gasteiger partial charge in [0.2, 0.25) is 5.13 Å². The molecule has 0 atom stereocenters. The number of thiazole rings is 1. The van der Waals surface area contributed by atoms with E-state index in [1.165, 1.54) is 36.6 Å². The molecular weight excluding hydrogens is 331 g/mol. The molecule has 0 aliphatic carbocycles. The van der Waals surface area contributed by atoms with E-state index in [0.29, 0.717) is 10.8 Å². The summed E-state index contributed by atoms with van der Waals surface area (Å²) in [6.45, 7) is 0. The van der Waals surface area contributed by atoms with Crippen LogP contribution in [-0.2, 0) is 22.1 Å². The topological polar surface area (TPSA) is 63.6 Å². The molecule has 5 nitrogen and oxygen atoms in total. The van der Waals surface area contributed by atoms with Crippen LogP contribution in [0.1, 0.15) is 16.8 Å². The summed E-state index contributed by atoms with van der Waals surface area (Å²) in [5, 5.41) is 5.76. The number of hydrogen-bond donors (Lipinski definition) is 1. The maximum atomic E-state index is 12.8.